The van der Waals surface area contributed by atoms with E-state index in [2.05, 4.69) is 10.7 Å². The first-order valence-electron chi connectivity index (χ1n) is 5.95. The summed E-state index contributed by atoms with van der Waals surface area (Å²) in [5.74, 6) is 0.0839. The van der Waals surface area contributed by atoms with Crippen LogP contribution in [-0.2, 0) is 4.79 Å². The highest BCUT2D eigenvalue weighted by molar-refractivity contribution is 5.82. The normalized spacial score (nSPS) is 18.3. The summed E-state index contributed by atoms with van der Waals surface area (Å²) >= 11 is 0. The number of hydrogen-bond donors (Lipinski definition) is 2. The number of nitrogens with zero attached hydrogens (tertiary/aromatic N) is 1. The second kappa shape index (κ2) is 5.05. The molecule has 1 aromatic heterocycles. The molecular formula is C12H19N3O. The molecule has 1 aliphatic carbocycles. The van der Waals surface area contributed by atoms with Crippen LogP contribution in [0.15, 0.2) is 24.5 Å². The molecule has 0 aromatic carbocycles. The number of aromatic nitrogens is 1. The Morgan fingerprint density at radius 1 is 1.31 bits per heavy atom. The molecule has 1 atom stereocenters. The molecule has 1 heterocycles. The highest BCUT2D eigenvalue weighted by atomic mass is 16.2. The molecular weight excluding hydrogens is 202 g/mol. The molecule has 4 nitrogen and oxygen atoms in total. The van der Waals surface area contributed by atoms with Gasteiger partial charge in [-0.3, -0.25) is 9.47 Å². The Kier molecular flexibility index (Phi) is 3.49. The lowest BCUT2D eigenvalue weighted by Gasteiger charge is -2.18. The second-order valence-corrected chi connectivity index (χ2v) is 4.43. The first kappa shape index (κ1) is 11.0. The van der Waals surface area contributed by atoms with Crippen LogP contribution in [0.1, 0.15) is 32.6 Å². The van der Waals surface area contributed by atoms with E-state index in [0.717, 1.165) is 12.8 Å². The van der Waals surface area contributed by atoms with Crippen molar-refractivity contribution in [1.82, 2.24) is 9.99 Å². The summed E-state index contributed by atoms with van der Waals surface area (Å²) in [4.78, 5) is 11.8. The van der Waals surface area contributed by atoms with Crippen LogP contribution in [0.5, 0.6) is 0 Å². The van der Waals surface area contributed by atoms with E-state index >= 15 is 0 Å². The van der Waals surface area contributed by atoms with Gasteiger partial charge in [-0.15, -0.1) is 0 Å². The van der Waals surface area contributed by atoms with Crippen LogP contribution >= 0.6 is 0 Å². The Bertz CT molecular complexity index is 328. The van der Waals surface area contributed by atoms with Crippen molar-refractivity contribution in [2.75, 3.05) is 5.43 Å². The molecule has 0 spiro atoms. The molecule has 88 valence electrons. The lowest BCUT2D eigenvalue weighted by molar-refractivity contribution is -0.122. The number of nitrogens with one attached hydrogen (secondary N) is 2. The molecule has 2 rings (SSSR count). The second-order valence-electron chi connectivity index (χ2n) is 4.43. The summed E-state index contributed by atoms with van der Waals surface area (Å²) in [6, 6.07) is 4.04. The van der Waals surface area contributed by atoms with Gasteiger partial charge in [0, 0.05) is 18.4 Å². The van der Waals surface area contributed by atoms with Gasteiger partial charge in [0.1, 0.15) is 6.04 Å². The number of carbonyl (C=O) groups is 1. The van der Waals surface area contributed by atoms with E-state index in [9.17, 15) is 4.79 Å². The van der Waals surface area contributed by atoms with Gasteiger partial charge in [0.2, 0.25) is 5.91 Å². The van der Waals surface area contributed by atoms with Crippen molar-refractivity contribution in [1.29, 1.82) is 0 Å². The molecule has 1 fully saturated rings. The van der Waals surface area contributed by atoms with Crippen molar-refractivity contribution in [2.45, 2.75) is 44.7 Å². The standard InChI is InChI=1S/C12H19N3O/c1-10(14-15-8-4-5-9-15)12(16)13-11-6-2-3-7-11/h4-5,8-11,14H,2-3,6-7H2,1H3,(H,13,16). The lowest BCUT2D eigenvalue weighted by Crippen LogP contribution is -2.44. The summed E-state index contributed by atoms with van der Waals surface area (Å²) in [5.41, 5.74) is 3.10. The number of rotatable bonds is 4. The zero-order chi connectivity index (χ0) is 11.4. The molecule has 0 radical (unpaired) electrons. The molecule has 0 bridgehead atoms. The van der Waals surface area contributed by atoms with Crippen LogP contribution in [0.2, 0.25) is 0 Å². The van der Waals surface area contributed by atoms with E-state index in [-0.39, 0.29) is 11.9 Å². The third-order valence-corrected chi connectivity index (χ3v) is 3.04. The maximum absolute atomic E-state index is 11.8. The number of amides is 1. The smallest absolute Gasteiger partial charge is 0.244 e. The molecule has 1 saturated carbocycles. The minimum absolute atomic E-state index is 0.0839. The zero-order valence-corrected chi connectivity index (χ0v) is 9.65. The fraction of sp³-hybridized carbons (Fsp3) is 0.583. The average molecular weight is 221 g/mol. The van der Waals surface area contributed by atoms with Crippen molar-refractivity contribution in [2.24, 2.45) is 0 Å². The van der Waals surface area contributed by atoms with Gasteiger partial charge in [0.25, 0.3) is 0 Å². The summed E-state index contributed by atoms with van der Waals surface area (Å²) in [5, 5.41) is 3.08. The maximum Gasteiger partial charge on any atom is 0.244 e. The lowest BCUT2D eigenvalue weighted by atomic mass is 10.2. The van der Waals surface area contributed by atoms with Crippen LogP contribution in [0, 0.1) is 0 Å². The predicted molar refractivity (Wildman–Crippen MR) is 63.7 cm³/mol. The zero-order valence-electron chi connectivity index (χ0n) is 9.65. The number of hydrogen-bond acceptors (Lipinski definition) is 2. The van der Waals surface area contributed by atoms with Crippen LogP contribution in [0.4, 0.5) is 0 Å². The summed E-state index contributed by atoms with van der Waals surface area (Å²) in [6.45, 7) is 1.88. The summed E-state index contributed by atoms with van der Waals surface area (Å²) in [6.07, 6.45) is 8.51. The van der Waals surface area contributed by atoms with Crippen LogP contribution in [0.3, 0.4) is 0 Å². The largest absolute Gasteiger partial charge is 0.352 e. The highest BCUT2D eigenvalue weighted by Crippen LogP contribution is 2.17. The van der Waals surface area contributed by atoms with Gasteiger partial charge in [-0.2, -0.15) is 0 Å². The molecule has 0 saturated heterocycles. The van der Waals surface area contributed by atoms with E-state index in [4.69, 9.17) is 0 Å². The van der Waals surface area contributed by atoms with Gasteiger partial charge in [-0.25, -0.2) is 0 Å². The van der Waals surface area contributed by atoms with Gasteiger partial charge in [0.05, 0.1) is 0 Å². The Morgan fingerprint density at radius 2 is 1.94 bits per heavy atom. The van der Waals surface area contributed by atoms with E-state index in [1.807, 2.05) is 31.5 Å². The Labute approximate surface area is 96.0 Å². The first-order chi connectivity index (χ1) is 7.75. The van der Waals surface area contributed by atoms with Gasteiger partial charge >= 0.3 is 0 Å². The van der Waals surface area contributed by atoms with Crippen molar-refractivity contribution in [3.05, 3.63) is 24.5 Å². The topological polar surface area (TPSA) is 46.1 Å². The van der Waals surface area contributed by atoms with Gasteiger partial charge in [0.15, 0.2) is 0 Å². The molecule has 16 heavy (non-hydrogen) atoms. The van der Waals surface area contributed by atoms with E-state index < -0.39 is 0 Å². The molecule has 1 aromatic rings. The fourth-order valence-electron chi connectivity index (χ4n) is 2.10. The Morgan fingerprint density at radius 3 is 2.56 bits per heavy atom. The van der Waals surface area contributed by atoms with Crippen LogP contribution < -0.4 is 10.7 Å². The van der Waals surface area contributed by atoms with Gasteiger partial charge < -0.3 is 10.7 Å². The molecule has 0 aliphatic heterocycles. The van der Waals surface area contributed by atoms with E-state index in [1.54, 1.807) is 4.68 Å². The van der Waals surface area contributed by atoms with Crippen LogP contribution in [0.25, 0.3) is 0 Å². The van der Waals surface area contributed by atoms with Gasteiger partial charge in [-0.05, 0) is 31.9 Å². The number of carbonyl (C=O) groups excluding carboxylic acids is 1. The average Bonchev–Trinajstić information content (AvgIpc) is 2.90. The monoisotopic (exact) mass is 221 g/mol. The molecule has 1 aliphatic rings. The molecule has 1 amide bonds. The molecule has 2 N–H and O–H groups in total. The van der Waals surface area contributed by atoms with Gasteiger partial charge in [-0.1, -0.05) is 12.8 Å². The van der Waals surface area contributed by atoms with Crippen molar-refractivity contribution in [3.8, 4) is 0 Å². The molecule has 1 unspecified atom stereocenters. The van der Waals surface area contributed by atoms with E-state index in [0.29, 0.717) is 6.04 Å². The fourth-order valence-corrected chi connectivity index (χ4v) is 2.10. The Balaban J connectivity index is 1.79. The quantitative estimate of drug-likeness (QED) is 0.809. The minimum atomic E-state index is -0.201. The minimum Gasteiger partial charge on any atom is -0.352 e. The molecule has 4 heteroatoms. The van der Waals surface area contributed by atoms with Crippen molar-refractivity contribution >= 4 is 5.91 Å². The first-order valence-corrected chi connectivity index (χ1v) is 5.95. The third-order valence-electron chi connectivity index (χ3n) is 3.04. The SMILES string of the molecule is CC(Nn1cccc1)C(=O)NC1CCCC1. The van der Waals surface area contributed by atoms with Crippen molar-refractivity contribution < 1.29 is 4.79 Å². The predicted octanol–water partition coefficient (Wildman–Crippen LogP) is 1.48. The summed E-state index contributed by atoms with van der Waals surface area (Å²) < 4.78 is 1.80. The highest BCUT2D eigenvalue weighted by Gasteiger charge is 2.20. The third kappa shape index (κ3) is 2.78. The maximum atomic E-state index is 11.8. The van der Waals surface area contributed by atoms with Crippen LogP contribution in [-0.4, -0.2) is 22.7 Å². The Hall–Kier alpha value is -1.45. The summed E-state index contributed by atoms with van der Waals surface area (Å²) in [7, 11) is 0. The van der Waals surface area contributed by atoms with Crippen molar-refractivity contribution in [3.63, 3.8) is 0 Å². The van der Waals surface area contributed by atoms with E-state index in [1.165, 1.54) is 12.8 Å².